The molecule has 0 aliphatic rings. The zero-order chi connectivity index (χ0) is 18.3. The highest BCUT2D eigenvalue weighted by molar-refractivity contribution is 5.87. The van der Waals surface area contributed by atoms with Crippen molar-refractivity contribution in [3.63, 3.8) is 0 Å². The van der Waals surface area contributed by atoms with Crippen LogP contribution in [0.4, 0.5) is 16.2 Å². The van der Waals surface area contributed by atoms with Crippen LogP contribution in [0.3, 0.4) is 0 Å². The van der Waals surface area contributed by atoms with Gasteiger partial charge in [0.15, 0.2) is 0 Å². The van der Waals surface area contributed by atoms with Gasteiger partial charge >= 0.3 is 12.1 Å². The van der Waals surface area contributed by atoms with Crippen LogP contribution >= 0.6 is 0 Å². The minimum atomic E-state index is -0.912. The third-order valence-electron chi connectivity index (χ3n) is 2.96. The van der Waals surface area contributed by atoms with E-state index < -0.39 is 17.7 Å². The van der Waals surface area contributed by atoms with Crippen LogP contribution < -0.4 is 10.2 Å². The van der Waals surface area contributed by atoms with Crippen LogP contribution in [0.5, 0.6) is 0 Å². The molecule has 0 saturated carbocycles. The van der Waals surface area contributed by atoms with Gasteiger partial charge in [0, 0.05) is 25.3 Å². The van der Waals surface area contributed by atoms with Crippen molar-refractivity contribution in [1.82, 2.24) is 0 Å². The number of carbonyl (C=O) groups excluding carboxylic acids is 1. The number of carboxylic acid groups (broad SMARTS) is 1. The highest BCUT2D eigenvalue weighted by atomic mass is 16.6. The molecular weight excluding hydrogens is 312 g/mol. The largest absolute Gasteiger partial charge is 0.481 e. The van der Waals surface area contributed by atoms with Gasteiger partial charge in [0.2, 0.25) is 0 Å². The number of carboxylic acids is 1. The first-order valence-corrected chi connectivity index (χ1v) is 7.68. The molecule has 0 bridgehead atoms. The summed E-state index contributed by atoms with van der Waals surface area (Å²) in [6.45, 7) is 5.68. The number of nitrogens with zero attached hydrogens (tertiary/aromatic N) is 1. The van der Waals surface area contributed by atoms with Gasteiger partial charge in [-0.25, -0.2) is 4.79 Å². The fourth-order valence-electron chi connectivity index (χ4n) is 1.84. The highest BCUT2D eigenvalue weighted by Crippen LogP contribution is 2.24. The first-order chi connectivity index (χ1) is 11.1. The molecule has 0 aliphatic carbocycles. The first-order valence-electron chi connectivity index (χ1n) is 7.68. The number of rotatable bonds is 7. The molecule has 0 atom stereocenters. The Labute approximate surface area is 142 Å². The van der Waals surface area contributed by atoms with Crippen LogP contribution in [0, 0.1) is 0 Å². The van der Waals surface area contributed by atoms with E-state index in [9.17, 15) is 9.59 Å². The lowest BCUT2D eigenvalue weighted by Crippen LogP contribution is -2.27. The second-order valence-electron chi connectivity index (χ2n) is 6.56. The van der Waals surface area contributed by atoms with Crippen LogP contribution in [0.1, 0.15) is 32.8 Å². The van der Waals surface area contributed by atoms with Gasteiger partial charge < -0.3 is 19.5 Å². The molecule has 1 rings (SSSR count). The van der Waals surface area contributed by atoms with E-state index in [0.29, 0.717) is 5.69 Å². The fraction of sp³-hybridized carbons (Fsp3) is 0.529. The first kappa shape index (κ1) is 19.8. The number of ether oxygens (including phenoxy) is 2. The normalized spacial score (nSPS) is 11.0. The Morgan fingerprint density at radius 2 is 1.92 bits per heavy atom. The second-order valence-corrected chi connectivity index (χ2v) is 6.56. The van der Waals surface area contributed by atoms with E-state index in [1.54, 1.807) is 20.8 Å². The van der Waals surface area contributed by atoms with Crippen LogP contribution in [0.2, 0.25) is 0 Å². The van der Waals surface area contributed by atoms with E-state index in [-0.39, 0.29) is 19.6 Å². The molecule has 134 valence electrons. The van der Waals surface area contributed by atoms with Crippen molar-refractivity contribution in [2.24, 2.45) is 0 Å². The molecule has 7 nitrogen and oxygen atoms in total. The lowest BCUT2D eigenvalue weighted by Gasteiger charge is -2.21. The lowest BCUT2D eigenvalue weighted by molar-refractivity contribution is -0.138. The summed E-state index contributed by atoms with van der Waals surface area (Å²) in [6, 6.07) is 5.55. The maximum absolute atomic E-state index is 12.0. The maximum atomic E-state index is 12.0. The molecule has 0 heterocycles. The minimum Gasteiger partial charge on any atom is -0.481 e. The zero-order valence-electron chi connectivity index (χ0n) is 14.9. The van der Waals surface area contributed by atoms with Crippen molar-refractivity contribution >= 4 is 23.4 Å². The number of benzene rings is 1. The summed E-state index contributed by atoms with van der Waals surface area (Å²) in [5, 5.41) is 11.4. The van der Waals surface area contributed by atoms with E-state index >= 15 is 0 Å². The molecule has 0 aromatic heterocycles. The molecule has 0 fully saturated rings. The Kier molecular flexibility index (Phi) is 7.03. The minimum absolute atomic E-state index is 0.0649. The van der Waals surface area contributed by atoms with Gasteiger partial charge in [-0.15, -0.1) is 0 Å². The summed E-state index contributed by atoms with van der Waals surface area (Å²) in [7, 11) is 3.80. The van der Waals surface area contributed by atoms with E-state index in [1.165, 1.54) is 0 Å². The molecule has 2 N–H and O–H groups in total. The number of amides is 1. The second kappa shape index (κ2) is 8.54. The Morgan fingerprint density at radius 1 is 1.25 bits per heavy atom. The summed E-state index contributed by atoms with van der Waals surface area (Å²) < 4.78 is 10.6. The van der Waals surface area contributed by atoms with E-state index in [1.807, 2.05) is 37.2 Å². The molecule has 1 aromatic rings. The number of hydrogen-bond donors (Lipinski definition) is 2. The van der Waals surface area contributed by atoms with Gasteiger partial charge in [0.1, 0.15) is 5.60 Å². The van der Waals surface area contributed by atoms with Crippen molar-refractivity contribution in [2.75, 3.05) is 30.9 Å². The molecular formula is C17H26N2O5. The standard InChI is InChI=1S/C17H26N2O5/c1-17(2,3)24-16(22)18-14-10-13(19(4)5)7-6-12(14)11-23-9-8-15(20)21/h6-7,10H,8-9,11H2,1-5H3,(H,18,22)(H,20,21). The molecule has 7 heteroatoms. The molecule has 0 unspecified atom stereocenters. The predicted octanol–water partition coefficient (Wildman–Crippen LogP) is 3.09. The Bertz CT molecular complexity index is 579. The van der Waals surface area contributed by atoms with Crippen molar-refractivity contribution < 1.29 is 24.2 Å². The van der Waals surface area contributed by atoms with Crippen LogP contribution in [-0.2, 0) is 20.9 Å². The molecule has 0 radical (unpaired) electrons. The predicted molar refractivity (Wildman–Crippen MR) is 92.5 cm³/mol. The fourth-order valence-corrected chi connectivity index (χ4v) is 1.84. The molecule has 0 saturated heterocycles. The molecule has 24 heavy (non-hydrogen) atoms. The van der Waals surface area contributed by atoms with Crippen molar-refractivity contribution in [1.29, 1.82) is 0 Å². The average Bonchev–Trinajstić information content (AvgIpc) is 2.42. The number of nitrogens with one attached hydrogen (secondary N) is 1. The molecule has 1 amide bonds. The van der Waals surface area contributed by atoms with Crippen LogP contribution in [0.15, 0.2) is 18.2 Å². The summed E-state index contributed by atoms with van der Waals surface area (Å²) in [4.78, 5) is 24.4. The molecule has 1 aromatic carbocycles. The SMILES string of the molecule is CN(C)c1ccc(COCCC(=O)O)c(NC(=O)OC(C)(C)C)c1. The number of anilines is 2. The van der Waals surface area contributed by atoms with E-state index in [2.05, 4.69) is 5.32 Å². The van der Waals surface area contributed by atoms with Gasteiger partial charge in [-0.3, -0.25) is 10.1 Å². The summed E-state index contributed by atoms with van der Waals surface area (Å²) in [6.07, 6.45) is -0.616. The number of aliphatic carboxylic acids is 1. The molecule has 0 aliphatic heterocycles. The Hall–Kier alpha value is -2.28. The van der Waals surface area contributed by atoms with Gasteiger partial charge in [0.25, 0.3) is 0 Å². The van der Waals surface area contributed by atoms with Crippen molar-refractivity contribution in [2.45, 2.75) is 39.4 Å². The Morgan fingerprint density at radius 3 is 2.46 bits per heavy atom. The Balaban J connectivity index is 2.85. The highest BCUT2D eigenvalue weighted by Gasteiger charge is 2.17. The summed E-state index contributed by atoms with van der Waals surface area (Å²) in [5.74, 6) is -0.912. The lowest BCUT2D eigenvalue weighted by atomic mass is 10.1. The van der Waals surface area contributed by atoms with Gasteiger partial charge in [-0.1, -0.05) is 6.07 Å². The van der Waals surface area contributed by atoms with E-state index in [4.69, 9.17) is 14.6 Å². The average molecular weight is 338 g/mol. The third-order valence-corrected chi connectivity index (χ3v) is 2.96. The third kappa shape index (κ3) is 7.32. The van der Waals surface area contributed by atoms with Crippen molar-refractivity contribution in [3.8, 4) is 0 Å². The van der Waals surface area contributed by atoms with Crippen molar-refractivity contribution in [3.05, 3.63) is 23.8 Å². The number of hydrogen-bond acceptors (Lipinski definition) is 5. The van der Waals surface area contributed by atoms with Crippen LogP contribution in [-0.4, -0.2) is 43.5 Å². The quantitative estimate of drug-likeness (QED) is 0.743. The van der Waals surface area contributed by atoms with Gasteiger partial charge in [-0.2, -0.15) is 0 Å². The van der Waals surface area contributed by atoms with Crippen LogP contribution in [0.25, 0.3) is 0 Å². The van der Waals surface area contributed by atoms with Gasteiger partial charge in [0.05, 0.1) is 25.3 Å². The topological polar surface area (TPSA) is 88.1 Å². The summed E-state index contributed by atoms with van der Waals surface area (Å²) in [5.41, 5.74) is 1.64. The maximum Gasteiger partial charge on any atom is 0.412 e. The summed E-state index contributed by atoms with van der Waals surface area (Å²) >= 11 is 0. The zero-order valence-corrected chi connectivity index (χ0v) is 14.9. The molecule has 0 spiro atoms. The number of carbonyl (C=O) groups is 2. The monoisotopic (exact) mass is 338 g/mol. The smallest absolute Gasteiger partial charge is 0.412 e. The van der Waals surface area contributed by atoms with E-state index in [0.717, 1.165) is 11.3 Å². The van der Waals surface area contributed by atoms with Gasteiger partial charge in [-0.05, 0) is 32.9 Å².